The zero-order valence-electron chi connectivity index (χ0n) is 17.8. The van der Waals surface area contributed by atoms with Crippen molar-refractivity contribution >= 4 is 33.5 Å². The number of morpholine rings is 1. The van der Waals surface area contributed by atoms with Crippen LogP contribution in [0.25, 0.3) is 22.4 Å². The van der Waals surface area contributed by atoms with Crippen LogP contribution in [0.3, 0.4) is 0 Å². The summed E-state index contributed by atoms with van der Waals surface area (Å²) in [7, 11) is -1.49. The maximum atomic E-state index is 13.1. The Hall–Kier alpha value is -2.52. The molecule has 4 aromatic rings. The summed E-state index contributed by atoms with van der Waals surface area (Å²) < 4.78 is 26.4. The molecule has 0 spiro atoms. The van der Waals surface area contributed by atoms with Crippen molar-refractivity contribution in [3.8, 4) is 11.5 Å². The number of hydrogen-bond donors (Lipinski definition) is 0. The van der Waals surface area contributed by atoms with Crippen LogP contribution < -0.4 is 0 Å². The Labute approximate surface area is 193 Å². The van der Waals surface area contributed by atoms with Crippen molar-refractivity contribution in [3.05, 3.63) is 65.6 Å². The van der Waals surface area contributed by atoms with Crippen LogP contribution in [-0.4, -0.2) is 48.6 Å². The van der Waals surface area contributed by atoms with Gasteiger partial charge in [0, 0.05) is 29.1 Å². The number of oxazole rings is 1. The SMILES string of the molecule is C[C@@H]1CN(Cc2cnc(-c3cc(Cl)cc4c3cnn4S(=O)c3ccccc3)o2)C[C@@H](C)O1. The summed E-state index contributed by atoms with van der Waals surface area (Å²) in [5.41, 5.74) is 1.38. The Bertz CT molecular complexity index is 1260. The third kappa shape index (κ3) is 4.23. The van der Waals surface area contributed by atoms with E-state index in [-0.39, 0.29) is 12.2 Å². The quantitative estimate of drug-likeness (QED) is 0.427. The maximum absolute atomic E-state index is 13.1. The number of ether oxygens (including phenoxy) is 1. The minimum Gasteiger partial charge on any atom is -0.440 e. The van der Waals surface area contributed by atoms with Gasteiger partial charge in [-0.05, 0) is 38.1 Å². The van der Waals surface area contributed by atoms with Crippen LogP contribution in [0.1, 0.15) is 19.6 Å². The lowest BCUT2D eigenvalue weighted by Crippen LogP contribution is -2.44. The first-order valence-electron chi connectivity index (χ1n) is 10.5. The zero-order valence-corrected chi connectivity index (χ0v) is 19.3. The van der Waals surface area contributed by atoms with Crippen molar-refractivity contribution in [1.82, 2.24) is 19.1 Å². The number of rotatable bonds is 5. The summed E-state index contributed by atoms with van der Waals surface area (Å²) in [4.78, 5) is 7.46. The van der Waals surface area contributed by atoms with Crippen LogP contribution in [-0.2, 0) is 22.3 Å². The standard InChI is InChI=1S/C23H23ClN4O3S/c1-15-12-27(13-16(2)30-15)14-18-10-25-23(31-18)20-8-17(24)9-22-21(20)11-26-28(22)32(29)19-6-4-3-5-7-19/h3-11,15-16H,12-14H2,1-2H3/t15-,16-,32?/m1/s1. The predicted octanol–water partition coefficient (Wildman–Crippen LogP) is 4.52. The second kappa shape index (κ2) is 8.78. The van der Waals surface area contributed by atoms with Gasteiger partial charge in [-0.25, -0.2) is 9.19 Å². The van der Waals surface area contributed by atoms with E-state index in [1.165, 1.54) is 4.09 Å². The minimum absolute atomic E-state index is 0.185. The lowest BCUT2D eigenvalue weighted by molar-refractivity contribution is -0.0718. The molecule has 0 aliphatic carbocycles. The van der Waals surface area contributed by atoms with Gasteiger partial charge in [-0.3, -0.25) is 4.90 Å². The highest BCUT2D eigenvalue weighted by molar-refractivity contribution is 7.83. The van der Waals surface area contributed by atoms with Crippen LogP contribution >= 0.6 is 11.6 Å². The molecule has 3 heterocycles. The second-order valence-corrected chi connectivity index (χ2v) is 9.80. The Morgan fingerprint density at radius 3 is 2.62 bits per heavy atom. The predicted molar refractivity (Wildman–Crippen MR) is 124 cm³/mol. The second-order valence-electron chi connectivity index (χ2n) is 8.05. The van der Waals surface area contributed by atoms with Gasteiger partial charge in [-0.1, -0.05) is 29.8 Å². The van der Waals surface area contributed by atoms with Crippen molar-refractivity contribution in [2.45, 2.75) is 37.5 Å². The molecule has 2 aromatic heterocycles. The van der Waals surface area contributed by atoms with Gasteiger partial charge in [0.25, 0.3) is 0 Å². The van der Waals surface area contributed by atoms with Gasteiger partial charge in [-0.2, -0.15) is 9.19 Å². The van der Waals surface area contributed by atoms with Crippen LogP contribution in [0.2, 0.25) is 5.02 Å². The Kier molecular flexibility index (Phi) is 5.86. The van der Waals surface area contributed by atoms with Gasteiger partial charge < -0.3 is 9.15 Å². The molecule has 166 valence electrons. The molecule has 1 aliphatic rings. The first-order chi connectivity index (χ1) is 15.5. The number of hydrogen-bond acceptors (Lipinski definition) is 6. The first-order valence-corrected chi connectivity index (χ1v) is 11.9. The third-order valence-electron chi connectivity index (χ3n) is 5.38. The molecular weight excluding hydrogens is 448 g/mol. The number of halogens is 1. The molecule has 0 saturated carbocycles. The topological polar surface area (TPSA) is 73.4 Å². The van der Waals surface area contributed by atoms with E-state index in [0.29, 0.717) is 27.9 Å². The van der Waals surface area contributed by atoms with Gasteiger partial charge in [-0.15, -0.1) is 0 Å². The fourth-order valence-corrected chi connectivity index (χ4v) is 5.42. The van der Waals surface area contributed by atoms with Crippen LogP contribution in [0.4, 0.5) is 0 Å². The van der Waals surface area contributed by atoms with Gasteiger partial charge in [0.1, 0.15) is 5.76 Å². The van der Waals surface area contributed by atoms with E-state index in [1.54, 1.807) is 24.5 Å². The third-order valence-corrected chi connectivity index (χ3v) is 6.88. The van der Waals surface area contributed by atoms with Crippen molar-refractivity contribution in [3.63, 3.8) is 0 Å². The fraction of sp³-hybridized carbons (Fsp3) is 0.304. The van der Waals surface area contributed by atoms with E-state index in [2.05, 4.69) is 28.8 Å². The summed E-state index contributed by atoms with van der Waals surface area (Å²) in [5.74, 6) is 1.24. The largest absolute Gasteiger partial charge is 0.440 e. The molecule has 1 unspecified atom stereocenters. The van der Waals surface area contributed by atoms with Crippen LogP contribution in [0, 0.1) is 0 Å². The zero-order chi connectivity index (χ0) is 22.2. The van der Waals surface area contributed by atoms with Crippen molar-refractivity contribution < 1.29 is 13.4 Å². The van der Waals surface area contributed by atoms with E-state index in [4.69, 9.17) is 20.8 Å². The van der Waals surface area contributed by atoms with Crippen molar-refractivity contribution in [2.24, 2.45) is 0 Å². The van der Waals surface area contributed by atoms with Gasteiger partial charge in [0.2, 0.25) is 5.89 Å². The molecule has 0 N–H and O–H groups in total. The summed E-state index contributed by atoms with van der Waals surface area (Å²) in [5, 5.41) is 5.66. The fourth-order valence-electron chi connectivity index (χ4n) is 4.15. The van der Waals surface area contributed by atoms with E-state index in [1.807, 2.05) is 30.3 Å². The molecule has 1 saturated heterocycles. The van der Waals surface area contributed by atoms with Crippen LogP contribution in [0.5, 0.6) is 0 Å². The summed E-state index contributed by atoms with van der Waals surface area (Å²) in [6.07, 6.45) is 3.80. The van der Waals surface area contributed by atoms with Crippen LogP contribution in [0.15, 0.2) is 64.2 Å². The number of nitrogens with zero attached hydrogens (tertiary/aromatic N) is 4. The Morgan fingerprint density at radius 1 is 1.12 bits per heavy atom. The monoisotopic (exact) mass is 470 g/mol. The number of aromatic nitrogens is 3. The number of benzene rings is 2. The lowest BCUT2D eigenvalue weighted by Gasteiger charge is -2.34. The highest BCUT2D eigenvalue weighted by atomic mass is 35.5. The molecule has 1 fully saturated rings. The highest BCUT2D eigenvalue weighted by Crippen LogP contribution is 2.33. The van der Waals surface area contributed by atoms with Gasteiger partial charge in [0.15, 0.2) is 11.0 Å². The summed E-state index contributed by atoms with van der Waals surface area (Å²) in [6, 6.07) is 12.8. The first kappa shape index (κ1) is 21.3. The van der Waals surface area contributed by atoms with E-state index in [0.717, 1.165) is 29.8 Å². The Balaban J connectivity index is 1.46. The molecule has 3 atom stereocenters. The van der Waals surface area contributed by atoms with E-state index < -0.39 is 11.0 Å². The normalized spacial score (nSPS) is 20.6. The van der Waals surface area contributed by atoms with E-state index >= 15 is 0 Å². The molecule has 2 aromatic carbocycles. The lowest BCUT2D eigenvalue weighted by atomic mass is 10.1. The Morgan fingerprint density at radius 2 is 1.88 bits per heavy atom. The molecule has 0 radical (unpaired) electrons. The summed E-state index contributed by atoms with van der Waals surface area (Å²) in [6.45, 7) is 6.51. The molecular formula is C23H23ClN4O3S. The highest BCUT2D eigenvalue weighted by Gasteiger charge is 2.24. The smallest absolute Gasteiger partial charge is 0.227 e. The van der Waals surface area contributed by atoms with Gasteiger partial charge in [0.05, 0.1) is 41.6 Å². The summed E-state index contributed by atoms with van der Waals surface area (Å²) >= 11 is 6.42. The molecule has 1 aliphatic heterocycles. The molecule has 7 nitrogen and oxygen atoms in total. The molecule has 9 heteroatoms. The average Bonchev–Trinajstić information content (AvgIpc) is 3.39. The minimum atomic E-state index is -1.49. The van der Waals surface area contributed by atoms with E-state index in [9.17, 15) is 4.21 Å². The molecule has 0 bridgehead atoms. The number of fused-ring (bicyclic) bond motifs is 1. The van der Waals surface area contributed by atoms with Gasteiger partial charge >= 0.3 is 0 Å². The molecule has 0 amide bonds. The molecule has 5 rings (SSSR count). The van der Waals surface area contributed by atoms with Crippen molar-refractivity contribution in [2.75, 3.05) is 13.1 Å². The van der Waals surface area contributed by atoms with Crippen molar-refractivity contribution in [1.29, 1.82) is 0 Å². The maximum Gasteiger partial charge on any atom is 0.227 e. The molecule has 32 heavy (non-hydrogen) atoms. The average molecular weight is 471 g/mol.